The zero-order valence-corrected chi connectivity index (χ0v) is 20.5. The standard InChI is InChI=1S/C21H25FN6O2S2.ClH/c1-2-12-32(29,30)28-15-5-3-4-14(17(15)22)18-19(16-8-11-25-21(23)26-16)31-20(27-18)13-6-9-24-10-7-13;/h3-5,8,11,13,24,28H,2,6-7,9-10,12H2,1H3,(H2,23,25,26);1H. The van der Waals surface area contributed by atoms with Gasteiger partial charge in [-0.2, -0.15) is 0 Å². The molecule has 1 aliphatic heterocycles. The van der Waals surface area contributed by atoms with Crippen molar-refractivity contribution < 1.29 is 12.8 Å². The van der Waals surface area contributed by atoms with E-state index < -0.39 is 15.8 Å². The molecule has 0 atom stereocenters. The van der Waals surface area contributed by atoms with Crippen molar-refractivity contribution >= 4 is 45.4 Å². The molecule has 1 saturated heterocycles. The summed E-state index contributed by atoms with van der Waals surface area (Å²) >= 11 is 1.47. The zero-order chi connectivity index (χ0) is 22.7. The molecule has 0 radical (unpaired) electrons. The summed E-state index contributed by atoms with van der Waals surface area (Å²) in [6.45, 7) is 3.56. The van der Waals surface area contributed by atoms with Crippen LogP contribution in [0.25, 0.3) is 21.8 Å². The first kappa shape index (κ1) is 25.3. The van der Waals surface area contributed by atoms with Crippen LogP contribution in [-0.2, 0) is 10.0 Å². The Morgan fingerprint density at radius 2 is 2.00 bits per heavy atom. The minimum Gasteiger partial charge on any atom is -0.368 e. The molecule has 0 spiro atoms. The zero-order valence-electron chi connectivity index (χ0n) is 18.0. The Morgan fingerprint density at radius 3 is 2.70 bits per heavy atom. The summed E-state index contributed by atoms with van der Waals surface area (Å²) < 4.78 is 42.3. The highest BCUT2D eigenvalue weighted by molar-refractivity contribution is 7.92. The third-order valence-electron chi connectivity index (χ3n) is 5.23. The summed E-state index contributed by atoms with van der Waals surface area (Å²) in [6.07, 6.45) is 3.87. The molecular weight excluding hydrogens is 487 g/mol. The Labute approximate surface area is 202 Å². The molecule has 2 aromatic heterocycles. The van der Waals surface area contributed by atoms with Gasteiger partial charge in [0.2, 0.25) is 16.0 Å². The first-order valence-electron chi connectivity index (χ1n) is 10.5. The largest absolute Gasteiger partial charge is 0.368 e. The van der Waals surface area contributed by atoms with Gasteiger partial charge in [0.25, 0.3) is 0 Å². The first-order valence-corrected chi connectivity index (χ1v) is 12.9. The maximum atomic E-state index is 15.5. The number of hydrogen-bond acceptors (Lipinski definition) is 8. The van der Waals surface area contributed by atoms with Gasteiger partial charge >= 0.3 is 0 Å². The highest BCUT2D eigenvalue weighted by atomic mass is 35.5. The molecule has 1 aromatic carbocycles. The van der Waals surface area contributed by atoms with Crippen LogP contribution in [0.1, 0.15) is 37.1 Å². The molecule has 8 nitrogen and oxygen atoms in total. The molecule has 1 aliphatic rings. The number of benzene rings is 1. The van der Waals surface area contributed by atoms with Crippen LogP contribution in [0.4, 0.5) is 16.0 Å². The van der Waals surface area contributed by atoms with Crippen molar-refractivity contribution in [3.05, 3.63) is 41.3 Å². The number of halogens is 2. The van der Waals surface area contributed by atoms with E-state index >= 15 is 4.39 Å². The number of thiazole rings is 1. The third-order valence-corrected chi connectivity index (χ3v) is 7.95. The number of piperidine rings is 1. The number of aromatic nitrogens is 3. The van der Waals surface area contributed by atoms with Crippen LogP contribution in [0, 0.1) is 5.82 Å². The lowest BCUT2D eigenvalue weighted by atomic mass is 9.99. The van der Waals surface area contributed by atoms with Crippen LogP contribution in [0.5, 0.6) is 0 Å². The van der Waals surface area contributed by atoms with Crippen molar-refractivity contribution in [2.75, 3.05) is 29.3 Å². The Bertz CT molecular complexity index is 1220. The van der Waals surface area contributed by atoms with Crippen LogP contribution < -0.4 is 15.8 Å². The molecule has 4 rings (SSSR count). The van der Waals surface area contributed by atoms with E-state index in [9.17, 15) is 8.42 Å². The van der Waals surface area contributed by atoms with Gasteiger partial charge in [0.15, 0.2) is 5.82 Å². The monoisotopic (exact) mass is 512 g/mol. The van der Waals surface area contributed by atoms with Gasteiger partial charge in [-0.05, 0) is 50.6 Å². The quantitative estimate of drug-likeness (QED) is 0.436. The van der Waals surface area contributed by atoms with Gasteiger partial charge < -0.3 is 11.1 Å². The summed E-state index contributed by atoms with van der Waals surface area (Å²) in [5.41, 5.74) is 6.89. The second-order valence-corrected chi connectivity index (χ2v) is 10.5. The minimum absolute atomic E-state index is 0. The number of nitrogen functional groups attached to an aromatic ring is 1. The number of anilines is 2. The van der Waals surface area contributed by atoms with Gasteiger partial charge in [0, 0.05) is 17.7 Å². The van der Waals surface area contributed by atoms with Gasteiger partial charge in [0.05, 0.1) is 32.7 Å². The summed E-state index contributed by atoms with van der Waals surface area (Å²) in [4.78, 5) is 13.8. The van der Waals surface area contributed by atoms with Gasteiger partial charge in [-0.25, -0.2) is 27.8 Å². The number of sulfonamides is 1. The molecule has 0 saturated carbocycles. The van der Waals surface area contributed by atoms with Crippen molar-refractivity contribution in [2.45, 2.75) is 32.1 Å². The van der Waals surface area contributed by atoms with Crippen LogP contribution in [0.3, 0.4) is 0 Å². The highest BCUT2D eigenvalue weighted by Crippen LogP contribution is 2.42. The van der Waals surface area contributed by atoms with E-state index in [0.29, 0.717) is 22.7 Å². The van der Waals surface area contributed by atoms with Crippen molar-refractivity contribution in [3.8, 4) is 21.8 Å². The van der Waals surface area contributed by atoms with E-state index in [0.717, 1.165) is 30.9 Å². The number of rotatable bonds is 7. The van der Waals surface area contributed by atoms with E-state index in [1.54, 1.807) is 31.3 Å². The van der Waals surface area contributed by atoms with Crippen molar-refractivity contribution in [1.82, 2.24) is 20.3 Å². The molecule has 0 bridgehead atoms. The van der Waals surface area contributed by atoms with Crippen LogP contribution in [0.15, 0.2) is 30.5 Å². The van der Waals surface area contributed by atoms with Crippen LogP contribution in [-0.4, -0.2) is 42.2 Å². The fraction of sp³-hybridized carbons (Fsp3) is 0.381. The lowest BCUT2D eigenvalue weighted by Gasteiger charge is -2.20. The Balaban J connectivity index is 0.00000306. The average molecular weight is 513 g/mol. The molecule has 3 heterocycles. The summed E-state index contributed by atoms with van der Waals surface area (Å²) in [7, 11) is -3.64. The Hall–Kier alpha value is -2.34. The topological polar surface area (TPSA) is 123 Å². The molecular formula is C21H26ClFN6O2S2. The fourth-order valence-electron chi connectivity index (χ4n) is 3.72. The molecule has 33 heavy (non-hydrogen) atoms. The van der Waals surface area contributed by atoms with Crippen LogP contribution >= 0.6 is 23.7 Å². The second-order valence-electron chi connectivity index (χ2n) is 7.64. The SMILES string of the molecule is CCCS(=O)(=O)Nc1cccc(-c2nc(C3CCNCC3)sc2-c2ccnc(N)n2)c1F.Cl. The molecule has 0 unspecified atom stereocenters. The summed E-state index contributed by atoms with van der Waals surface area (Å²) in [5.74, 6) is -0.370. The van der Waals surface area contributed by atoms with Gasteiger partial charge in [-0.1, -0.05) is 13.0 Å². The second kappa shape index (κ2) is 10.7. The van der Waals surface area contributed by atoms with Crippen molar-refractivity contribution in [2.24, 2.45) is 0 Å². The van der Waals surface area contributed by atoms with Gasteiger partial charge in [0.1, 0.15) is 0 Å². The Kier molecular flexibility index (Phi) is 8.22. The normalized spacial score (nSPS) is 14.6. The molecule has 1 fully saturated rings. The summed E-state index contributed by atoms with van der Waals surface area (Å²) in [6, 6.07) is 6.34. The lowest BCUT2D eigenvalue weighted by Crippen LogP contribution is -2.26. The average Bonchev–Trinajstić information content (AvgIpc) is 3.21. The Morgan fingerprint density at radius 1 is 1.24 bits per heavy atom. The third kappa shape index (κ3) is 5.78. The molecule has 12 heteroatoms. The van der Waals surface area contributed by atoms with E-state index in [4.69, 9.17) is 10.7 Å². The first-order chi connectivity index (χ1) is 15.4. The van der Waals surface area contributed by atoms with Gasteiger partial charge in [-0.15, -0.1) is 23.7 Å². The predicted octanol–water partition coefficient (Wildman–Crippen LogP) is 4.03. The highest BCUT2D eigenvalue weighted by Gasteiger charge is 2.26. The van der Waals surface area contributed by atoms with Gasteiger partial charge in [-0.3, -0.25) is 4.72 Å². The molecule has 0 aliphatic carbocycles. The number of nitrogens with zero attached hydrogens (tertiary/aromatic N) is 3. The molecule has 3 aromatic rings. The number of nitrogens with one attached hydrogen (secondary N) is 2. The van der Waals surface area contributed by atoms with Crippen LogP contribution in [0.2, 0.25) is 0 Å². The molecule has 178 valence electrons. The van der Waals surface area contributed by atoms with Crippen molar-refractivity contribution in [3.63, 3.8) is 0 Å². The number of nitrogens with two attached hydrogens (primary N) is 1. The van der Waals surface area contributed by atoms with Crippen molar-refractivity contribution in [1.29, 1.82) is 0 Å². The van der Waals surface area contributed by atoms with E-state index in [2.05, 4.69) is 20.0 Å². The van der Waals surface area contributed by atoms with E-state index in [1.165, 1.54) is 17.4 Å². The lowest BCUT2D eigenvalue weighted by molar-refractivity contribution is 0.459. The molecule has 4 N–H and O–H groups in total. The smallest absolute Gasteiger partial charge is 0.232 e. The summed E-state index contributed by atoms with van der Waals surface area (Å²) in [5, 5.41) is 4.25. The maximum absolute atomic E-state index is 15.5. The van der Waals surface area contributed by atoms with E-state index in [-0.39, 0.29) is 41.3 Å². The number of hydrogen-bond donors (Lipinski definition) is 3. The predicted molar refractivity (Wildman–Crippen MR) is 133 cm³/mol. The molecule has 0 amide bonds. The van der Waals surface area contributed by atoms with E-state index in [1.807, 2.05) is 0 Å². The maximum Gasteiger partial charge on any atom is 0.232 e. The minimum atomic E-state index is -3.64. The fourth-order valence-corrected chi connectivity index (χ4v) is 6.07.